The first kappa shape index (κ1) is 15.0. The second-order valence-electron chi connectivity index (χ2n) is 4.07. The maximum absolute atomic E-state index is 13.5. The van der Waals surface area contributed by atoms with Gasteiger partial charge in [-0.2, -0.15) is 0 Å². The van der Waals surface area contributed by atoms with Crippen LogP contribution in [0.5, 0.6) is 0 Å². The molecule has 0 aliphatic carbocycles. The van der Waals surface area contributed by atoms with Crippen LogP contribution in [0, 0.1) is 15.9 Å². The summed E-state index contributed by atoms with van der Waals surface area (Å²) in [5.74, 6) is -1.67. The Kier molecular flexibility index (Phi) is 5.37. The van der Waals surface area contributed by atoms with E-state index >= 15 is 0 Å². The molecule has 6 nitrogen and oxygen atoms in total. The molecule has 0 aliphatic rings. The molecular formula is C12H15FN2O4. The molecule has 0 aromatic heterocycles. The molecule has 0 spiro atoms. The molecule has 2 N–H and O–H groups in total. The molecule has 0 heterocycles. The van der Waals surface area contributed by atoms with Crippen LogP contribution >= 0.6 is 0 Å². The largest absolute Gasteiger partial charge is 0.391 e. The molecule has 0 fully saturated rings. The molecule has 0 saturated heterocycles. The first-order valence-corrected chi connectivity index (χ1v) is 5.86. The Balaban J connectivity index is 2.70. The van der Waals surface area contributed by atoms with E-state index < -0.39 is 28.4 Å². The Bertz CT molecular complexity index is 479. The molecule has 7 heteroatoms. The Morgan fingerprint density at radius 2 is 2.26 bits per heavy atom. The predicted molar refractivity (Wildman–Crippen MR) is 66.3 cm³/mol. The molecule has 0 radical (unpaired) electrons. The van der Waals surface area contributed by atoms with Crippen LogP contribution in [0.4, 0.5) is 10.1 Å². The van der Waals surface area contributed by atoms with Crippen LogP contribution < -0.4 is 5.32 Å². The van der Waals surface area contributed by atoms with E-state index in [1.165, 1.54) is 0 Å². The van der Waals surface area contributed by atoms with E-state index in [1.807, 2.05) is 6.92 Å². The molecule has 19 heavy (non-hydrogen) atoms. The maximum Gasteiger partial charge on any atom is 0.272 e. The third kappa shape index (κ3) is 4.29. The summed E-state index contributed by atoms with van der Waals surface area (Å²) in [6.45, 7) is 1.91. The number of rotatable bonds is 6. The monoisotopic (exact) mass is 270 g/mol. The summed E-state index contributed by atoms with van der Waals surface area (Å²) in [5, 5.41) is 22.2. The molecule has 104 valence electrons. The lowest BCUT2D eigenvalue weighted by molar-refractivity contribution is -0.385. The van der Waals surface area contributed by atoms with Crippen molar-refractivity contribution in [1.29, 1.82) is 0 Å². The standard InChI is InChI=1S/C12H15FN2O4/c1-2-3-9(16)7-14-12(17)10-5-4-8(15(18)19)6-11(10)13/h4-6,9,16H,2-3,7H2,1H3,(H,14,17). The number of hydrogen-bond acceptors (Lipinski definition) is 4. The van der Waals surface area contributed by atoms with Gasteiger partial charge in [-0.3, -0.25) is 14.9 Å². The van der Waals surface area contributed by atoms with Gasteiger partial charge < -0.3 is 10.4 Å². The van der Waals surface area contributed by atoms with Crippen molar-refractivity contribution < 1.29 is 19.2 Å². The Hall–Kier alpha value is -2.02. The lowest BCUT2D eigenvalue weighted by Crippen LogP contribution is -2.32. The predicted octanol–water partition coefficient (Wildman–Crippen LogP) is 1.62. The number of benzene rings is 1. The van der Waals surface area contributed by atoms with Crippen LogP contribution in [-0.2, 0) is 0 Å². The van der Waals surface area contributed by atoms with Gasteiger partial charge in [0.05, 0.1) is 22.7 Å². The van der Waals surface area contributed by atoms with E-state index in [-0.39, 0.29) is 12.1 Å². The van der Waals surface area contributed by atoms with E-state index in [1.54, 1.807) is 0 Å². The third-order valence-corrected chi connectivity index (χ3v) is 2.53. The van der Waals surface area contributed by atoms with Crippen LogP contribution in [0.25, 0.3) is 0 Å². The number of aliphatic hydroxyl groups is 1. The fraction of sp³-hybridized carbons (Fsp3) is 0.417. The first-order valence-electron chi connectivity index (χ1n) is 5.86. The molecule has 1 amide bonds. The van der Waals surface area contributed by atoms with Crippen LogP contribution in [0.2, 0.25) is 0 Å². The van der Waals surface area contributed by atoms with Gasteiger partial charge in [0.25, 0.3) is 11.6 Å². The number of amides is 1. The average Bonchev–Trinajstić information content (AvgIpc) is 2.36. The summed E-state index contributed by atoms with van der Waals surface area (Å²) in [7, 11) is 0. The van der Waals surface area contributed by atoms with Gasteiger partial charge in [0.1, 0.15) is 5.82 Å². The summed E-state index contributed by atoms with van der Waals surface area (Å²) in [6, 6.07) is 2.80. The van der Waals surface area contributed by atoms with Crippen molar-refractivity contribution in [3.8, 4) is 0 Å². The maximum atomic E-state index is 13.5. The topological polar surface area (TPSA) is 92.5 Å². The molecule has 1 unspecified atom stereocenters. The van der Waals surface area contributed by atoms with E-state index in [0.29, 0.717) is 12.5 Å². The quantitative estimate of drug-likeness (QED) is 0.607. The smallest absolute Gasteiger partial charge is 0.272 e. The second-order valence-corrected chi connectivity index (χ2v) is 4.07. The van der Waals surface area contributed by atoms with Crippen LogP contribution in [0.15, 0.2) is 18.2 Å². The van der Waals surface area contributed by atoms with Crippen LogP contribution in [0.3, 0.4) is 0 Å². The third-order valence-electron chi connectivity index (χ3n) is 2.53. The minimum atomic E-state index is -0.961. The van der Waals surface area contributed by atoms with E-state index in [4.69, 9.17) is 0 Å². The molecular weight excluding hydrogens is 255 g/mol. The summed E-state index contributed by atoms with van der Waals surface area (Å²) < 4.78 is 13.5. The van der Waals surface area contributed by atoms with Gasteiger partial charge in [0, 0.05) is 12.6 Å². The molecule has 0 aliphatic heterocycles. The summed E-state index contributed by atoms with van der Waals surface area (Å²) >= 11 is 0. The van der Waals surface area contributed by atoms with Crippen molar-refractivity contribution in [1.82, 2.24) is 5.32 Å². The lowest BCUT2D eigenvalue weighted by Gasteiger charge is -2.10. The van der Waals surface area contributed by atoms with E-state index in [0.717, 1.165) is 18.6 Å². The van der Waals surface area contributed by atoms with Gasteiger partial charge >= 0.3 is 0 Å². The van der Waals surface area contributed by atoms with Gasteiger partial charge in [-0.15, -0.1) is 0 Å². The normalized spacial score (nSPS) is 11.9. The number of carbonyl (C=O) groups excluding carboxylic acids is 1. The number of aliphatic hydroxyl groups excluding tert-OH is 1. The molecule has 0 saturated carbocycles. The zero-order chi connectivity index (χ0) is 14.4. The molecule has 1 aromatic rings. The van der Waals surface area contributed by atoms with Gasteiger partial charge in [-0.05, 0) is 12.5 Å². The number of nitro groups is 1. The van der Waals surface area contributed by atoms with E-state index in [9.17, 15) is 24.4 Å². The first-order chi connectivity index (χ1) is 8.95. The number of nitrogens with one attached hydrogen (secondary N) is 1. The van der Waals surface area contributed by atoms with Crippen molar-refractivity contribution in [3.63, 3.8) is 0 Å². The minimum absolute atomic E-state index is 0.0170. The highest BCUT2D eigenvalue weighted by molar-refractivity contribution is 5.94. The highest BCUT2D eigenvalue weighted by Gasteiger charge is 2.16. The SMILES string of the molecule is CCCC(O)CNC(=O)c1ccc([N+](=O)[O-])cc1F. The van der Waals surface area contributed by atoms with Gasteiger partial charge in [-0.1, -0.05) is 13.3 Å². The number of carbonyl (C=O) groups is 1. The van der Waals surface area contributed by atoms with Crippen molar-refractivity contribution in [2.24, 2.45) is 0 Å². The van der Waals surface area contributed by atoms with Crippen molar-refractivity contribution >= 4 is 11.6 Å². The Morgan fingerprint density at radius 1 is 1.58 bits per heavy atom. The number of hydrogen-bond donors (Lipinski definition) is 2. The number of non-ortho nitro benzene ring substituents is 1. The highest BCUT2D eigenvalue weighted by Crippen LogP contribution is 2.16. The Morgan fingerprint density at radius 3 is 2.79 bits per heavy atom. The molecule has 0 bridgehead atoms. The Labute approximate surface area is 109 Å². The fourth-order valence-electron chi connectivity index (χ4n) is 1.54. The molecule has 1 aromatic carbocycles. The molecule has 1 atom stereocenters. The fourth-order valence-corrected chi connectivity index (χ4v) is 1.54. The van der Waals surface area contributed by atoms with Crippen molar-refractivity contribution in [2.75, 3.05) is 6.54 Å². The second kappa shape index (κ2) is 6.79. The zero-order valence-corrected chi connectivity index (χ0v) is 10.4. The molecule has 1 rings (SSSR count). The van der Waals surface area contributed by atoms with Crippen LogP contribution in [-0.4, -0.2) is 28.6 Å². The number of halogens is 1. The van der Waals surface area contributed by atoms with Crippen molar-refractivity contribution in [3.05, 3.63) is 39.7 Å². The number of nitrogens with zero attached hydrogens (tertiary/aromatic N) is 1. The van der Waals surface area contributed by atoms with Gasteiger partial charge in [-0.25, -0.2) is 4.39 Å². The number of nitro benzene ring substituents is 1. The zero-order valence-electron chi connectivity index (χ0n) is 10.4. The lowest BCUT2D eigenvalue weighted by atomic mass is 10.1. The van der Waals surface area contributed by atoms with E-state index in [2.05, 4.69) is 5.32 Å². The average molecular weight is 270 g/mol. The highest BCUT2D eigenvalue weighted by atomic mass is 19.1. The summed E-state index contributed by atoms with van der Waals surface area (Å²) in [6.07, 6.45) is 0.612. The van der Waals surface area contributed by atoms with Crippen molar-refractivity contribution in [2.45, 2.75) is 25.9 Å². The van der Waals surface area contributed by atoms with Crippen LogP contribution in [0.1, 0.15) is 30.1 Å². The summed E-state index contributed by atoms with van der Waals surface area (Å²) in [4.78, 5) is 21.3. The van der Waals surface area contributed by atoms with Gasteiger partial charge in [0.2, 0.25) is 0 Å². The van der Waals surface area contributed by atoms with Gasteiger partial charge in [0.15, 0.2) is 0 Å². The summed E-state index contributed by atoms with van der Waals surface area (Å²) in [5.41, 5.74) is -0.700. The minimum Gasteiger partial charge on any atom is -0.391 e.